The molecule has 2 N–H and O–H groups in total. The van der Waals surface area contributed by atoms with Gasteiger partial charge >= 0.3 is 0 Å². The monoisotopic (exact) mass is 398 g/mol. The molecule has 0 aliphatic heterocycles. The third kappa shape index (κ3) is 4.33. The van der Waals surface area contributed by atoms with Gasteiger partial charge in [-0.1, -0.05) is 29.3 Å². The predicted octanol–water partition coefficient (Wildman–Crippen LogP) is 3.99. The van der Waals surface area contributed by atoms with Crippen molar-refractivity contribution in [3.8, 4) is 0 Å². The SMILES string of the molecule is Cc1ccc(S(=O)(=O)NC2CC2)cc1C(=O)Nc1ccc(Cl)c(Cl)c1. The summed E-state index contributed by atoms with van der Waals surface area (Å²) in [5, 5.41) is 3.41. The van der Waals surface area contributed by atoms with Gasteiger partial charge in [-0.25, -0.2) is 13.1 Å². The van der Waals surface area contributed by atoms with Crippen molar-refractivity contribution in [2.24, 2.45) is 0 Å². The first-order chi connectivity index (χ1) is 11.8. The number of rotatable bonds is 5. The van der Waals surface area contributed by atoms with Gasteiger partial charge in [-0.05, 0) is 55.7 Å². The lowest BCUT2D eigenvalue weighted by molar-refractivity contribution is 0.102. The molecule has 0 saturated heterocycles. The van der Waals surface area contributed by atoms with Crippen molar-refractivity contribution in [2.45, 2.75) is 30.7 Å². The van der Waals surface area contributed by atoms with E-state index in [-0.39, 0.29) is 16.5 Å². The summed E-state index contributed by atoms with van der Waals surface area (Å²) >= 11 is 11.8. The number of hydrogen-bond donors (Lipinski definition) is 2. The molecule has 0 aromatic heterocycles. The van der Waals surface area contributed by atoms with Crippen LogP contribution in [-0.4, -0.2) is 20.4 Å². The third-order valence-electron chi connectivity index (χ3n) is 3.84. The lowest BCUT2D eigenvalue weighted by Gasteiger charge is -2.11. The Bertz CT molecular complexity index is 941. The van der Waals surface area contributed by atoms with E-state index in [9.17, 15) is 13.2 Å². The topological polar surface area (TPSA) is 75.3 Å². The maximum atomic E-state index is 12.5. The van der Waals surface area contributed by atoms with Crippen LogP contribution in [-0.2, 0) is 10.0 Å². The van der Waals surface area contributed by atoms with Gasteiger partial charge in [0.1, 0.15) is 0 Å². The van der Waals surface area contributed by atoms with Gasteiger partial charge in [0.05, 0.1) is 14.9 Å². The van der Waals surface area contributed by atoms with Crippen molar-refractivity contribution in [3.05, 3.63) is 57.6 Å². The first-order valence-electron chi connectivity index (χ1n) is 7.65. The fourth-order valence-electron chi connectivity index (χ4n) is 2.27. The summed E-state index contributed by atoms with van der Waals surface area (Å²) in [5.41, 5.74) is 1.43. The maximum absolute atomic E-state index is 12.5. The zero-order chi connectivity index (χ0) is 18.2. The zero-order valence-corrected chi connectivity index (χ0v) is 15.7. The molecule has 8 heteroatoms. The zero-order valence-electron chi connectivity index (χ0n) is 13.3. The van der Waals surface area contributed by atoms with E-state index < -0.39 is 15.9 Å². The molecule has 2 aromatic carbocycles. The molecule has 1 fully saturated rings. The number of amides is 1. The smallest absolute Gasteiger partial charge is 0.255 e. The van der Waals surface area contributed by atoms with E-state index in [1.165, 1.54) is 18.2 Å². The molecule has 5 nitrogen and oxygen atoms in total. The van der Waals surface area contributed by atoms with Gasteiger partial charge in [-0.3, -0.25) is 4.79 Å². The Balaban J connectivity index is 1.86. The Morgan fingerprint density at radius 2 is 1.80 bits per heavy atom. The lowest BCUT2D eigenvalue weighted by atomic mass is 10.1. The molecule has 132 valence electrons. The highest BCUT2D eigenvalue weighted by molar-refractivity contribution is 7.89. The minimum atomic E-state index is -3.62. The molecule has 1 aliphatic rings. The van der Waals surface area contributed by atoms with Crippen molar-refractivity contribution in [3.63, 3.8) is 0 Å². The number of halogens is 2. The van der Waals surface area contributed by atoms with Gasteiger partial charge in [-0.2, -0.15) is 0 Å². The van der Waals surface area contributed by atoms with Gasteiger partial charge in [0.15, 0.2) is 0 Å². The van der Waals surface area contributed by atoms with Crippen LogP contribution in [0.15, 0.2) is 41.3 Å². The average molecular weight is 399 g/mol. The normalized spacial score (nSPS) is 14.4. The molecule has 0 heterocycles. The van der Waals surface area contributed by atoms with Crippen LogP contribution >= 0.6 is 23.2 Å². The van der Waals surface area contributed by atoms with E-state index in [0.717, 1.165) is 12.8 Å². The second kappa shape index (κ2) is 6.96. The van der Waals surface area contributed by atoms with Crippen LogP contribution in [0.1, 0.15) is 28.8 Å². The Labute approximate surface area is 156 Å². The molecule has 0 radical (unpaired) electrons. The van der Waals surface area contributed by atoms with Gasteiger partial charge < -0.3 is 5.32 Å². The Hall–Kier alpha value is -1.60. The van der Waals surface area contributed by atoms with Crippen LogP contribution in [0.25, 0.3) is 0 Å². The first kappa shape index (κ1) is 18.2. The number of carbonyl (C=O) groups is 1. The number of aryl methyl sites for hydroxylation is 1. The highest BCUT2D eigenvalue weighted by atomic mass is 35.5. The fourth-order valence-corrected chi connectivity index (χ4v) is 3.90. The van der Waals surface area contributed by atoms with Crippen LogP contribution in [0.4, 0.5) is 5.69 Å². The Kier molecular flexibility index (Phi) is 5.06. The van der Waals surface area contributed by atoms with Crippen LogP contribution in [0, 0.1) is 6.92 Å². The molecular formula is C17H16Cl2N2O3S. The van der Waals surface area contributed by atoms with Gasteiger partial charge in [-0.15, -0.1) is 0 Å². The summed E-state index contributed by atoms with van der Waals surface area (Å²) in [6, 6.07) is 9.23. The van der Waals surface area contributed by atoms with Crippen LogP contribution < -0.4 is 10.0 Å². The fraction of sp³-hybridized carbons (Fsp3) is 0.235. The first-order valence-corrected chi connectivity index (χ1v) is 9.89. The molecule has 2 aromatic rings. The van der Waals surface area contributed by atoms with Gasteiger partial charge in [0, 0.05) is 17.3 Å². The highest BCUT2D eigenvalue weighted by Crippen LogP contribution is 2.26. The predicted molar refractivity (Wildman–Crippen MR) is 98.9 cm³/mol. The van der Waals surface area contributed by atoms with E-state index in [4.69, 9.17) is 23.2 Å². The molecule has 0 unspecified atom stereocenters. The quantitative estimate of drug-likeness (QED) is 0.798. The summed E-state index contributed by atoms with van der Waals surface area (Å²) in [6.07, 6.45) is 1.69. The van der Waals surface area contributed by atoms with E-state index in [2.05, 4.69) is 10.0 Å². The number of benzene rings is 2. The molecule has 3 rings (SSSR count). The van der Waals surface area contributed by atoms with Crippen molar-refractivity contribution < 1.29 is 13.2 Å². The minimum Gasteiger partial charge on any atom is -0.322 e. The molecule has 25 heavy (non-hydrogen) atoms. The summed E-state index contributed by atoms with van der Waals surface area (Å²) in [5.74, 6) is -0.417. The highest BCUT2D eigenvalue weighted by Gasteiger charge is 2.28. The van der Waals surface area contributed by atoms with Crippen molar-refractivity contribution in [2.75, 3.05) is 5.32 Å². The molecule has 1 amide bonds. The molecular weight excluding hydrogens is 383 g/mol. The van der Waals surface area contributed by atoms with Gasteiger partial charge in [0.2, 0.25) is 10.0 Å². The average Bonchev–Trinajstić information content (AvgIpc) is 3.34. The summed E-state index contributed by atoms with van der Waals surface area (Å²) < 4.78 is 27.3. The van der Waals surface area contributed by atoms with Crippen LogP contribution in [0.3, 0.4) is 0 Å². The third-order valence-corrected chi connectivity index (χ3v) is 6.10. The molecule has 1 saturated carbocycles. The Morgan fingerprint density at radius 1 is 1.08 bits per heavy atom. The van der Waals surface area contributed by atoms with Crippen LogP contribution in [0.2, 0.25) is 10.0 Å². The van der Waals surface area contributed by atoms with E-state index in [1.807, 2.05) is 0 Å². The molecule has 0 atom stereocenters. The largest absolute Gasteiger partial charge is 0.322 e. The van der Waals surface area contributed by atoms with Crippen LogP contribution in [0.5, 0.6) is 0 Å². The summed E-state index contributed by atoms with van der Waals surface area (Å²) in [7, 11) is -3.62. The summed E-state index contributed by atoms with van der Waals surface area (Å²) in [4.78, 5) is 12.6. The number of sulfonamides is 1. The van der Waals surface area contributed by atoms with Crippen molar-refractivity contribution in [1.82, 2.24) is 4.72 Å². The number of carbonyl (C=O) groups excluding carboxylic acids is 1. The minimum absolute atomic E-state index is 0.000196. The number of hydrogen-bond acceptors (Lipinski definition) is 3. The molecule has 1 aliphatic carbocycles. The maximum Gasteiger partial charge on any atom is 0.255 e. The number of nitrogens with one attached hydrogen (secondary N) is 2. The van der Waals surface area contributed by atoms with E-state index in [0.29, 0.717) is 21.3 Å². The van der Waals surface area contributed by atoms with E-state index >= 15 is 0 Å². The number of anilines is 1. The second-order valence-corrected chi connectivity index (χ2v) is 8.48. The Morgan fingerprint density at radius 3 is 2.44 bits per heavy atom. The molecule has 0 bridgehead atoms. The van der Waals surface area contributed by atoms with E-state index in [1.54, 1.807) is 25.1 Å². The standard InChI is InChI=1S/C17H16Cl2N2O3S/c1-10-2-6-13(25(23,24)21-11-3-4-11)9-14(10)17(22)20-12-5-7-15(18)16(19)8-12/h2,5-9,11,21H,3-4H2,1H3,(H,20,22). The summed E-state index contributed by atoms with van der Waals surface area (Å²) in [6.45, 7) is 1.74. The lowest BCUT2D eigenvalue weighted by Crippen LogP contribution is -2.26. The second-order valence-electron chi connectivity index (χ2n) is 5.96. The van der Waals surface area contributed by atoms with Crippen molar-refractivity contribution >= 4 is 44.8 Å². The molecule has 0 spiro atoms. The van der Waals surface area contributed by atoms with Crippen molar-refractivity contribution in [1.29, 1.82) is 0 Å². The van der Waals surface area contributed by atoms with Gasteiger partial charge in [0.25, 0.3) is 5.91 Å².